The van der Waals surface area contributed by atoms with E-state index in [1.807, 2.05) is 31.2 Å². The van der Waals surface area contributed by atoms with Crippen molar-refractivity contribution in [2.75, 3.05) is 13.1 Å². The number of carbonyl (C=O) groups is 2. The molecule has 0 radical (unpaired) electrons. The summed E-state index contributed by atoms with van der Waals surface area (Å²) in [4.78, 5) is 29.5. The number of hydrogen-bond donors (Lipinski definition) is 1. The van der Waals surface area contributed by atoms with Gasteiger partial charge in [0, 0.05) is 26.1 Å². The van der Waals surface area contributed by atoms with Crippen molar-refractivity contribution in [1.82, 2.24) is 25.0 Å². The van der Waals surface area contributed by atoms with Crippen LogP contribution in [0.2, 0.25) is 0 Å². The monoisotopic (exact) mass is 327 g/mol. The number of nitrogens with one attached hydrogen (secondary N) is 1. The molecule has 3 rings (SSSR count). The predicted molar refractivity (Wildman–Crippen MR) is 87.8 cm³/mol. The highest BCUT2D eigenvalue weighted by Gasteiger charge is 2.33. The van der Waals surface area contributed by atoms with Gasteiger partial charge in [0.1, 0.15) is 12.7 Å². The lowest BCUT2D eigenvalue weighted by Gasteiger charge is -2.13. The maximum atomic E-state index is 12.2. The van der Waals surface area contributed by atoms with Gasteiger partial charge in [0.15, 0.2) is 0 Å². The van der Waals surface area contributed by atoms with Crippen LogP contribution in [0.25, 0.3) is 0 Å². The topological polar surface area (TPSA) is 80.1 Å². The predicted octanol–water partition coefficient (Wildman–Crippen LogP) is 0.811. The third-order valence-electron chi connectivity index (χ3n) is 4.27. The first-order valence-electron chi connectivity index (χ1n) is 8.11. The lowest BCUT2D eigenvalue weighted by Crippen LogP contribution is -2.32. The largest absolute Gasteiger partial charge is 0.352 e. The second-order valence-corrected chi connectivity index (χ2v) is 5.96. The summed E-state index contributed by atoms with van der Waals surface area (Å²) in [7, 11) is 0. The standard InChI is InChI=1S/C17H21N5O2/c1-2-21-10-15(7-16(21)23)17(24)19-8-13-3-5-14(6-4-13)9-22-12-18-11-20-22/h3-6,11-12,15H,2,7-10H2,1H3,(H,19,24). The van der Waals surface area contributed by atoms with Crippen molar-refractivity contribution in [3.63, 3.8) is 0 Å². The number of hydrogen-bond acceptors (Lipinski definition) is 4. The summed E-state index contributed by atoms with van der Waals surface area (Å²) in [5.74, 6) is -0.217. The number of likely N-dealkylation sites (tertiary alicyclic amines) is 1. The molecule has 7 heteroatoms. The van der Waals surface area contributed by atoms with E-state index in [4.69, 9.17) is 0 Å². The van der Waals surface area contributed by atoms with E-state index in [2.05, 4.69) is 15.4 Å². The van der Waals surface area contributed by atoms with Gasteiger partial charge in [-0.3, -0.25) is 9.59 Å². The summed E-state index contributed by atoms with van der Waals surface area (Å²) in [6.45, 7) is 4.26. The van der Waals surface area contributed by atoms with Crippen LogP contribution in [0.3, 0.4) is 0 Å². The minimum absolute atomic E-state index is 0.0500. The van der Waals surface area contributed by atoms with Crippen LogP contribution in [0.15, 0.2) is 36.9 Å². The Balaban J connectivity index is 1.50. The van der Waals surface area contributed by atoms with Crippen LogP contribution in [-0.2, 0) is 22.7 Å². The fraction of sp³-hybridized carbons (Fsp3) is 0.412. The highest BCUT2D eigenvalue weighted by atomic mass is 16.2. The van der Waals surface area contributed by atoms with Gasteiger partial charge >= 0.3 is 0 Å². The van der Waals surface area contributed by atoms with Gasteiger partial charge in [-0.25, -0.2) is 9.67 Å². The van der Waals surface area contributed by atoms with E-state index in [1.54, 1.807) is 15.9 Å². The molecule has 24 heavy (non-hydrogen) atoms. The molecule has 0 saturated carbocycles. The molecule has 0 aliphatic carbocycles. The number of rotatable bonds is 6. The number of benzene rings is 1. The van der Waals surface area contributed by atoms with Crippen LogP contribution in [0.4, 0.5) is 0 Å². The van der Waals surface area contributed by atoms with Crippen molar-refractivity contribution >= 4 is 11.8 Å². The Kier molecular flexibility index (Phi) is 4.88. The van der Waals surface area contributed by atoms with Crippen LogP contribution >= 0.6 is 0 Å². The quantitative estimate of drug-likeness (QED) is 0.851. The first-order valence-corrected chi connectivity index (χ1v) is 8.11. The van der Waals surface area contributed by atoms with Crippen molar-refractivity contribution in [2.24, 2.45) is 5.92 Å². The molecule has 2 amide bonds. The lowest BCUT2D eigenvalue weighted by molar-refractivity contribution is -0.128. The molecule has 1 aromatic heterocycles. The van der Waals surface area contributed by atoms with Crippen LogP contribution < -0.4 is 5.32 Å². The van der Waals surface area contributed by atoms with Gasteiger partial charge in [0.05, 0.1) is 12.5 Å². The van der Waals surface area contributed by atoms with E-state index in [1.165, 1.54) is 6.33 Å². The molecule has 1 unspecified atom stereocenters. The maximum Gasteiger partial charge on any atom is 0.225 e. The number of carbonyl (C=O) groups excluding carboxylic acids is 2. The van der Waals surface area contributed by atoms with Crippen molar-refractivity contribution < 1.29 is 9.59 Å². The number of amides is 2. The fourth-order valence-corrected chi connectivity index (χ4v) is 2.85. The zero-order chi connectivity index (χ0) is 16.9. The molecule has 2 aromatic rings. The molecule has 1 aliphatic rings. The molecule has 7 nitrogen and oxygen atoms in total. The molecule has 1 saturated heterocycles. The minimum Gasteiger partial charge on any atom is -0.352 e. The molecular weight excluding hydrogens is 306 g/mol. The van der Waals surface area contributed by atoms with Crippen molar-refractivity contribution in [3.05, 3.63) is 48.0 Å². The normalized spacial score (nSPS) is 17.3. The Hall–Kier alpha value is -2.70. The summed E-state index contributed by atoms with van der Waals surface area (Å²) in [5, 5.41) is 7.00. The van der Waals surface area contributed by atoms with E-state index in [0.29, 0.717) is 32.6 Å². The summed E-state index contributed by atoms with van der Waals surface area (Å²) in [5.41, 5.74) is 2.15. The average Bonchev–Trinajstić information content (AvgIpc) is 3.23. The smallest absolute Gasteiger partial charge is 0.225 e. The summed E-state index contributed by atoms with van der Waals surface area (Å²) in [6, 6.07) is 8.01. The first-order chi connectivity index (χ1) is 11.7. The number of nitrogens with zero attached hydrogens (tertiary/aromatic N) is 4. The summed E-state index contributed by atoms with van der Waals surface area (Å²) in [6.07, 6.45) is 3.50. The van der Waals surface area contributed by atoms with Crippen molar-refractivity contribution in [2.45, 2.75) is 26.4 Å². The Bertz CT molecular complexity index is 696. The highest BCUT2D eigenvalue weighted by molar-refractivity contribution is 5.89. The summed E-state index contributed by atoms with van der Waals surface area (Å²) < 4.78 is 1.76. The molecule has 0 bridgehead atoms. The molecule has 1 N–H and O–H groups in total. The first kappa shape index (κ1) is 16.2. The van der Waals surface area contributed by atoms with E-state index in [9.17, 15) is 9.59 Å². The number of aromatic nitrogens is 3. The Morgan fingerprint density at radius 3 is 2.67 bits per heavy atom. The molecule has 0 spiro atoms. The van der Waals surface area contributed by atoms with Crippen LogP contribution in [0.5, 0.6) is 0 Å². The van der Waals surface area contributed by atoms with Crippen LogP contribution in [-0.4, -0.2) is 44.6 Å². The van der Waals surface area contributed by atoms with Crippen molar-refractivity contribution in [3.8, 4) is 0 Å². The average molecular weight is 327 g/mol. The van der Waals surface area contributed by atoms with Crippen molar-refractivity contribution in [1.29, 1.82) is 0 Å². The molecule has 1 aromatic carbocycles. The van der Waals surface area contributed by atoms with Gasteiger partial charge in [0.2, 0.25) is 11.8 Å². The molecular formula is C17H21N5O2. The Morgan fingerprint density at radius 2 is 2.04 bits per heavy atom. The zero-order valence-corrected chi connectivity index (χ0v) is 13.7. The SMILES string of the molecule is CCN1CC(C(=O)NCc2ccc(Cn3cncn3)cc2)CC1=O. The fourth-order valence-electron chi connectivity index (χ4n) is 2.85. The molecule has 1 fully saturated rings. The molecule has 2 heterocycles. The lowest BCUT2D eigenvalue weighted by atomic mass is 10.1. The van der Waals surface area contributed by atoms with E-state index in [0.717, 1.165) is 11.1 Å². The third kappa shape index (κ3) is 3.79. The van der Waals surface area contributed by atoms with Crippen LogP contribution in [0.1, 0.15) is 24.5 Å². The minimum atomic E-state index is -0.232. The van der Waals surface area contributed by atoms with E-state index < -0.39 is 0 Å². The van der Waals surface area contributed by atoms with Gasteiger partial charge in [-0.15, -0.1) is 0 Å². The maximum absolute atomic E-state index is 12.2. The zero-order valence-electron chi connectivity index (χ0n) is 13.7. The van der Waals surface area contributed by atoms with Gasteiger partial charge in [-0.1, -0.05) is 24.3 Å². The second-order valence-electron chi connectivity index (χ2n) is 5.96. The van der Waals surface area contributed by atoms with Gasteiger partial charge < -0.3 is 10.2 Å². The summed E-state index contributed by atoms with van der Waals surface area (Å²) >= 11 is 0. The molecule has 126 valence electrons. The second kappa shape index (κ2) is 7.25. The van der Waals surface area contributed by atoms with Gasteiger partial charge in [-0.05, 0) is 18.1 Å². The van der Waals surface area contributed by atoms with Gasteiger partial charge in [-0.2, -0.15) is 5.10 Å². The molecule has 1 atom stereocenters. The van der Waals surface area contributed by atoms with E-state index in [-0.39, 0.29) is 17.7 Å². The van der Waals surface area contributed by atoms with E-state index >= 15 is 0 Å². The molecule has 1 aliphatic heterocycles. The van der Waals surface area contributed by atoms with Gasteiger partial charge in [0.25, 0.3) is 0 Å². The Morgan fingerprint density at radius 1 is 1.29 bits per heavy atom. The highest BCUT2D eigenvalue weighted by Crippen LogP contribution is 2.17. The third-order valence-corrected chi connectivity index (χ3v) is 4.27. The Labute approximate surface area is 140 Å². The van der Waals surface area contributed by atoms with Crippen LogP contribution in [0, 0.1) is 5.92 Å².